The Morgan fingerprint density at radius 2 is 0.514 bits per heavy atom. The first-order valence-electron chi connectivity index (χ1n) is 33.8. The number of aliphatic carboxylic acids is 12. The van der Waals surface area contributed by atoms with Gasteiger partial charge in [0.15, 0.2) is 0 Å². The number of hydrogen-bond acceptors (Lipinski definition) is 32. The molecular formula is C61H104N14O34S2. The number of carbonyl (C=O) groups is 18. The van der Waals surface area contributed by atoms with Crippen LogP contribution in [0.15, 0.2) is 0 Å². The number of nitrogens with zero attached hydrogens (tertiary/aromatic N) is 10. The lowest BCUT2D eigenvalue weighted by atomic mass is 10.3. The van der Waals surface area contributed by atoms with Gasteiger partial charge in [0, 0.05) is 136 Å². The number of ether oxygens (including phenoxy) is 2. The van der Waals surface area contributed by atoms with Crippen LogP contribution in [0.25, 0.3) is 0 Å². The van der Waals surface area contributed by atoms with E-state index in [2.05, 4.69) is 33.9 Å². The molecule has 0 radical (unpaired) electrons. The van der Waals surface area contributed by atoms with Gasteiger partial charge in [-0.05, 0) is 5.75 Å². The first kappa shape index (κ1) is 104. The van der Waals surface area contributed by atoms with E-state index in [0.29, 0.717) is 0 Å². The fraction of sp³-hybridized carbons (Fsp3) is 0.705. The molecule has 0 aliphatic rings. The van der Waals surface area contributed by atoms with E-state index < -0.39 is 218 Å². The highest BCUT2D eigenvalue weighted by Crippen LogP contribution is 2.09. The number of carbonyl (C=O) groups excluding carboxylic acids is 6. The Hall–Kier alpha value is -9.32. The Morgan fingerprint density at radius 3 is 0.721 bits per heavy atom. The molecule has 6 amide bonds. The molecule has 50 heteroatoms. The second kappa shape index (κ2) is 61.4. The summed E-state index contributed by atoms with van der Waals surface area (Å²) in [5.74, 6) is -18.3. The lowest BCUT2D eigenvalue weighted by Crippen LogP contribution is -2.48. The third kappa shape index (κ3) is 62.1. The molecule has 2 unspecified atom stereocenters. The summed E-state index contributed by atoms with van der Waals surface area (Å²) in [6.45, 7) is -11.3. The number of methoxy groups -OCH3 is 1. The summed E-state index contributed by atoms with van der Waals surface area (Å²) < 4.78 is 10.1. The molecule has 48 nitrogen and oxygen atoms in total. The van der Waals surface area contributed by atoms with Crippen LogP contribution in [0.2, 0.25) is 0 Å². The van der Waals surface area contributed by atoms with Gasteiger partial charge in [-0.3, -0.25) is 126 Å². The van der Waals surface area contributed by atoms with Crippen molar-refractivity contribution >= 4 is 131 Å². The molecule has 0 aromatic carbocycles. The Balaban J connectivity index is 0. The third-order valence-corrected chi connectivity index (χ3v) is 15.6. The van der Waals surface area contributed by atoms with Crippen LogP contribution in [0, 0.1) is 0 Å². The van der Waals surface area contributed by atoms with Crippen LogP contribution in [0.3, 0.4) is 0 Å². The standard InChI is InChI=1S/C34H59N7O19S.C27H45N7O15S/c1-59-20-24(42)21-60-22-25(43)23-61-11-2-28(46)41(5-3-35-26(44)12-37(14-29(47)48)7-9-39(16-31(51)52)17-32(53)54)6-4-36-27(45)13-38(15-30(49)50)8-10-40(18-33(55)56)19-34(57)58;35-19(11-30(13-22(38)39)6-8-32(15-24(42)43)16-25(44)45)28-2-4-34(21(37)1-10-50)5-3-29-20(36)12-31(14-23(40)41)7-9-33(17-26(46)47)18-27(48)49/h24-25,42-43H,2-23H2,1H3,(H,35,44)(H,36,45)(H,47,48)(H,49,50)(H,51,52)(H,53,54)(H,55,56)(H,57,58);50H,1-18H2,(H,28,35)(H,29,36)(H,38,39)(H,40,41)(H,42,43)(H,44,45)(H,46,47)(H,48,49). The molecule has 0 aromatic heterocycles. The highest BCUT2D eigenvalue weighted by Gasteiger charge is 2.26. The summed E-state index contributed by atoms with van der Waals surface area (Å²) in [5, 5.41) is 139. The number of amides is 6. The van der Waals surface area contributed by atoms with Crippen molar-refractivity contribution in [3.05, 3.63) is 0 Å². The smallest absolute Gasteiger partial charge is 0.317 e. The molecule has 0 heterocycles. The largest absolute Gasteiger partial charge is 0.480 e. The SMILES string of the molecule is COCC(O)COCC(O)CSCCC(=O)N(CCNC(=O)CN(CCN(CC(=O)O)CC(=O)O)CC(=O)O)CCNC(=O)CN(CCN(CC(=O)O)CC(=O)O)CC(=O)O.O=C(O)CN(CCN(CC(=O)O)CC(=O)NCCN(CCNC(=O)CN(CCN(CC(=O)O)CC(=O)O)CC(=O)O)C(=O)CCS)CC(=O)O. The number of nitrogens with one attached hydrogen (secondary N) is 4. The van der Waals surface area contributed by atoms with Gasteiger partial charge in [0.25, 0.3) is 0 Å². The summed E-state index contributed by atoms with van der Waals surface area (Å²) in [4.78, 5) is 222. The maximum absolute atomic E-state index is 13.3. The summed E-state index contributed by atoms with van der Waals surface area (Å²) in [5.41, 5.74) is 0. The number of carboxylic acids is 12. The number of thioether (sulfide) groups is 1. The van der Waals surface area contributed by atoms with Crippen molar-refractivity contribution in [1.82, 2.24) is 70.3 Å². The normalized spacial score (nSPS) is 11.7. The van der Waals surface area contributed by atoms with E-state index in [1.165, 1.54) is 38.5 Å². The zero-order valence-electron chi connectivity index (χ0n) is 61.2. The van der Waals surface area contributed by atoms with Crippen molar-refractivity contribution in [2.24, 2.45) is 0 Å². The predicted molar refractivity (Wildman–Crippen MR) is 383 cm³/mol. The van der Waals surface area contributed by atoms with Gasteiger partial charge in [0.05, 0.1) is 131 Å². The second-order valence-corrected chi connectivity index (χ2v) is 25.8. The van der Waals surface area contributed by atoms with Crippen LogP contribution >= 0.6 is 24.4 Å². The third-order valence-electron chi connectivity index (χ3n) is 14.3. The van der Waals surface area contributed by atoms with Crippen LogP contribution in [0.4, 0.5) is 0 Å². The number of thiol groups is 1. The molecule has 0 aliphatic heterocycles. The molecule has 0 saturated carbocycles. The first-order valence-corrected chi connectivity index (χ1v) is 35.5. The van der Waals surface area contributed by atoms with Crippen molar-refractivity contribution in [3.8, 4) is 0 Å². The minimum absolute atomic E-state index is 0.0215. The maximum Gasteiger partial charge on any atom is 0.317 e. The summed E-state index contributed by atoms with van der Waals surface area (Å²) in [7, 11) is 1.41. The average Bonchev–Trinajstić information content (AvgIpc) is 0.935. The molecule has 0 fully saturated rings. The Kier molecular flexibility index (Phi) is 57.3. The van der Waals surface area contributed by atoms with Crippen LogP contribution in [-0.2, 0) is 95.8 Å². The van der Waals surface area contributed by atoms with Gasteiger partial charge in [-0.15, -0.1) is 0 Å². The van der Waals surface area contributed by atoms with E-state index in [0.717, 1.165) is 29.4 Å². The van der Waals surface area contributed by atoms with Gasteiger partial charge in [-0.1, -0.05) is 0 Å². The highest BCUT2D eigenvalue weighted by atomic mass is 32.2. The zero-order valence-corrected chi connectivity index (χ0v) is 62.9. The lowest BCUT2D eigenvalue weighted by molar-refractivity contribution is -0.144. The van der Waals surface area contributed by atoms with Crippen molar-refractivity contribution in [3.63, 3.8) is 0 Å². The minimum atomic E-state index is -1.31. The number of hydrogen-bond donors (Lipinski definition) is 19. The number of carboxylic acid groups (broad SMARTS) is 12. The van der Waals surface area contributed by atoms with Crippen LogP contribution < -0.4 is 21.3 Å². The van der Waals surface area contributed by atoms with Gasteiger partial charge >= 0.3 is 71.6 Å². The molecule has 111 heavy (non-hydrogen) atoms. The predicted octanol–water partition coefficient (Wildman–Crippen LogP) is -10.6. The quantitative estimate of drug-likeness (QED) is 0.0199. The molecule has 0 rings (SSSR count). The fourth-order valence-electron chi connectivity index (χ4n) is 9.64. The van der Waals surface area contributed by atoms with E-state index in [-0.39, 0.29) is 161 Å². The number of aliphatic hydroxyl groups is 2. The van der Waals surface area contributed by atoms with Crippen LogP contribution in [0.5, 0.6) is 0 Å². The van der Waals surface area contributed by atoms with Crippen LogP contribution in [-0.4, -0.2) is 493 Å². The number of rotatable bonds is 69. The molecule has 18 N–H and O–H groups in total. The highest BCUT2D eigenvalue weighted by molar-refractivity contribution is 7.99. The maximum atomic E-state index is 13.3. The molecule has 0 aromatic rings. The van der Waals surface area contributed by atoms with Crippen LogP contribution in [0.1, 0.15) is 12.8 Å². The van der Waals surface area contributed by atoms with Gasteiger partial charge in [-0.25, -0.2) is 0 Å². The van der Waals surface area contributed by atoms with Gasteiger partial charge in [-0.2, -0.15) is 24.4 Å². The van der Waals surface area contributed by atoms with Gasteiger partial charge in [0.2, 0.25) is 35.4 Å². The monoisotopic (exact) mass is 1640 g/mol. The van der Waals surface area contributed by atoms with E-state index >= 15 is 0 Å². The zero-order chi connectivity index (χ0) is 84.6. The summed E-state index contributed by atoms with van der Waals surface area (Å²) in [6, 6.07) is 0. The van der Waals surface area contributed by atoms with Gasteiger partial charge < -0.3 is 112 Å². The topological polar surface area (TPSA) is 689 Å². The Labute approximate surface area is 645 Å². The van der Waals surface area contributed by atoms with Crippen molar-refractivity contribution < 1.29 is 167 Å². The molecular weight excluding hydrogens is 1540 g/mol. The summed E-state index contributed by atoms with van der Waals surface area (Å²) in [6.07, 6.45) is -1.80. The van der Waals surface area contributed by atoms with Gasteiger partial charge in [0.1, 0.15) is 6.10 Å². The molecule has 0 aliphatic carbocycles. The molecule has 2 atom stereocenters. The van der Waals surface area contributed by atoms with E-state index in [1.807, 2.05) is 0 Å². The minimum Gasteiger partial charge on any atom is -0.480 e. The fourth-order valence-corrected chi connectivity index (χ4v) is 10.7. The van der Waals surface area contributed by atoms with Crippen molar-refractivity contribution in [1.29, 1.82) is 0 Å². The lowest BCUT2D eigenvalue weighted by Gasteiger charge is -2.26. The molecule has 0 spiro atoms. The average molecular weight is 1640 g/mol. The molecule has 0 bridgehead atoms. The Bertz CT molecular complexity index is 2760. The summed E-state index contributed by atoms with van der Waals surface area (Å²) >= 11 is 5.28. The molecule has 0 saturated heterocycles. The van der Waals surface area contributed by atoms with Crippen molar-refractivity contribution in [2.45, 2.75) is 25.0 Å². The van der Waals surface area contributed by atoms with E-state index in [4.69, 9.17) is 50.3 Å². The second-order valence-electron chi connectivity index (χ2n) is 24.2. The molecule has 634 valence electrons. The number of aliphatic hydroxyl groups excluding tert-OH is 2. The van der Waals surface area contributed by atoms with Crippen molar-refractivity contribution in [2.75, 3.05) is 254 Å². The Morgan fingerprint density at radius 1 is 0.306 bits per heavy atom. The first-order chi connectivity index (χ1) is 52.1. The van der Waals surface area contributed by atoms with E-state index in [9.17, 15) is 117 Å². The van der Waals surface area contributed by atoms with E-state index in [1.54, 1.807) is 0 Å².